The first-order chi connectivity index (χ1) is 6.88. The summed E-state index contributed by atoms with van der Waals surface area (Å²) in [7, 11) is 0. The molecule has 0 bridgehead atoms. The molecular weight excluding hydrogens is 172 g/mol. The van der Waals surface area contributed by atoms with E-state index in [1.807, 2.05) is 30.3 Å². The normalized spacial score (nSPS) is 11.3. The first-order valence-electron chi connectivity index (χ1n) is 4.44. The van der Waals surface area contributed by atoms with Crippen molar-refractivity contribution in [3.8, 4) is 24.7 Å². The highest BCUT2D eigenvalue weighted by Gasteiger charge is 2.06. The van der Waals surface area contributed by atoms with Crippen LogP contribution in [0.4, 0.5) is 0 Å². The van der Waals surface area contributed by atoms with Gasteiger partial charge in [0.25, 0.3) is 0 Å². The molecule has 70 valence electrons. The minimum Gasteiger partial charge on any atom is -0.360 e. The summed E-state index contributed by atoms with van der Waals surface area (Å²) in [6.45, 7) is 0.500. The summed E-state index contributed by atoms with van der Waals surface area (Å²) in [5, 5.41) is 0. The van der Waals surface area contributed by atoms with Gasteiger partial charge in [-0.2, -0.15) is 0 Å². The first-order valence-corrected chi connectivity index (χ1v) is 4.44. The third-order valence-corrected chi connectivity index (χ3v) is 1.78. The number of hydrogen-bond donors (Lipinski definition) is 0. The lowest BCUT2D eigenvalue weighted by Crippen LogP contribution is -2.02. The summed E-state index contributed by atoms with van der Waals surface area (Å²) in [5.41, 5.74) is 0.993. The predicted octanol–water partition coefficient (Wildman–Crippen LogP) is 2.40. The molecule has 0 aliphatic heterocycles. The number of rotatable bonds is 4. The van der Waals surface area contributed by atoms with Crippen molar-refractivity contribution in [1.82, 2.24) is 0 Å². The highest BCUT2D eigenvalue weighted by molar-refractivity contribution is 5.23. The summed E-state index contributed by atoms with van der Waals surface area (Å²) >= 11 is 0. The van der Waals surface area contributed by atoms with Crippen molar-refractivity contribution < 1.29 is 4.74 Å². The lowest BCUT2D eigenvalue weighted by Gasteiger charge is -2.10. The van der Waals surface area contributed by atoms with E-state index in [1.165, 1.54) is 0 Å². The summed E-state index contributed by atoms with van der Waals surface area (Å²) in [4.78, 5) is 0. The quantitative estimate of drug-likeness (QED) is 0.515. The minimum absolute atomic E-state index is 0.287. The van der Waals surface area contributed by atoms with Gasteiger partial charge in [-0.25, -0.2) is 0 Å². The Hall–Kier alpha value is -1.70. The van der Waals surface area contributed by atoms with Gasteiger partial charge in [0, 0.05) is 6.42 Å². The van der Waals surface area contributed by atoms with Crippen molar-refractivity contribution in [2.24, 2.45) is 0 Å². The van der Waals surface area contributed by atoms with E-state index in [-0.39, 0.29) is 6.10 Å². The van der Waals surface area contributed by atoms with E-state index >= 15 is 0 Å². The lowest BCUT2D eigenvalue weighted by molar-refractivity contribution is 0.0968. The molecule has 0 aliphatic rings. The molecule has 0 saturated carbocycles. The molecule has 0 saturated heterocycles. The van der Waals surface area contributed by atoms with Gasteiger partial charge in [0.15, 0.2) is 0 Å². The molecule has 1 unspecified atom stereocenters. The van der Waals surface area contributed by atoms with E-state index in [4.69, 9.17) is 17.6 Å². The van der Waals surface area contributed by atoms with Gasteiger partial charge < -0.3 is 4.74 Å². The van der Waals surface area contributed by atoms with Crippen LogP contribution in [0.25, 0.3) is 0 Å². The maximum atomic E-state index is 5.44. The van der Waals surface area contributed by atoms with Crippen LogP contribution in [0.2, 0.25) is 0 Å². The van der Waals surface area contributed by atoms with Crippen molar-refractivity contribution in [2.45, 2.75) is 12.5 Å². The zero-order valence-electron chi connectivity index (χ0n) is 7.94. The Kier molecular flexibility index (Phi) is 4.35. The molecule has 0 radical (unpaired) electrons. The van der Waals surface area contributed by atoms with Crippen LogP contribution in [-0.2, 0) is 4.74 Å². The molecule has 1 nitrogen and oxygen atoms in total. The lowest BCUT2D eigenvalue weighted by atomic mass is 10.1. The second-order valence-electron chi connectivity index (χ2n) is 2.78. The van der Waals surface area contributed by atoms with Crippen LogP contribution >= 0.6 is 0 Å². The van der Waals surface area contributed by atoms with E-state index < -0.39 is 0 Å². The number of ether oxygens (including phenoxy) is 1. The molecule has 1 heteroatoms. The standard InChI is InChI=1S/C13H12O/c1-3-5-11-14-13(4-2)12-9-7-6-8-10-12/h1-2,6-10,13H,5,11H2. The van der Waals surface area contributed by atoms with Crippen molar-refractivity contribution in [3.63, 3.8) is 0 Å². The monoisotopic (exact) mass is 184 g/mol. The van der Waals surface area contributed by atoms with E-state index in [0.717, 1.165) is 5.56 Å². The smallest absolute Gasteiger partial charge is 0.143 e. The molecule has 1 aromatic rings. The van der Waals surface area contributed by atoms with Gasteiger partial charge in [-0.1, -0.05) is 36.3 Å². The minimum atomic E-state index is -0.287. The predicted molar refractivity (Wildman–Crippen MR) is 57.4 cm³/mol. The van der Waals surface area contributed by atoms with Crippen molar-refractivity contribution >= 4 is 0 Å². The maximum Gasteiger partial charge on any atom is 0.143 e. The summed E-state index contributed by atoms with van der Waals surface area (Å²) in [6, 6.07) is 9.70. The number of terminal acetylenes is 2. The van der Waals surface area contributed by atoms with Crippen LogP contribution in [0.5, 0.6) is 0 Å². The molecule has 0 aromatic heterocycles. The van der Waals surface area contributed by atoms with Crippen molar-refractivity contribution in [3.05, 3.63) is 35.9 Å². The topological polar surface area (TPSA) is 9.23 Å². The summed E-state index contributed by atoms with van der Waals surface area (Å²) in [5.74, 6) is 5.09. The SMILES string of the molecule is C#CCCOC(C#C)c1ccccc1. The Labute approximate surface area is 85.1 Å². The highest BCUT2D eigenvalue weighted by Crippen LogP contribution is 2.15. The van der Waals surface area contributed by atoms with E-state index in [0.29, 0.717) is 13.0 Å². The number of benzene rings is 1. The summed E-state index contributed by atoms with van der Waals surface area (Å²) in [6.07, 6.45) is 10.8. The third kappa shape index (κ3) is 2.98. The first kappa shape index (κ1) is 10.4. The molecule has 1 atom stereocenters. The molecule has 0 N–H and O–H groups in total. The molecular formula is C13H12O. The zero-order valence-corrected chi connectivity index (χ0v) is 7.94. The van der Waals surface area contributed by atoms with Crippen LogP contribution < -0.4 is 0 Å². The van der Waals surface area contributed by atoms with Crippen molar-refractivity contribution in [1.29, 1.82) is 0 Å². The van der Waals surface area contributed by atoms with Gasteiger partial charge in [-0.3, -0.25) is 0 Å². The van der Waals surface area contributed by atoms with Crippen LogP contribution in [0.3, 0.4) is 0 Å². The van der Waals surface area contributed by atoms with Crippen LogP contribution in [0.15, 0.2) is 30.3 Å². The fourth-order valence-electron chi connectivity index (χ4n) is 1.10. The molecule has 14 heavy (non-hydrogen) atoms. The van der Waals surface area contributed by atoms with Gasteiger partial charge in [0.1, 0.15) is 6.10 Å². The van der Waals surface area contributed by atoms with E-state index in [2.05, 4.69) is 11.8 Å². The molecule has 0 amide bonds. The second kappa shape index (κ2) is 5.86. The highest BCUT2D eigenvalue weighted by atomic mass is 16.5. The van der Waals surface area contributed by atoms with Crippen LogP contribution in [-0.4, -0.2) is 6.61 Å². The second-order valence-corrected chi connectivity index (χ2v) is 2.78. The Morgan fingerprint density at radius 1 is 1.21 bits per heavy atom. The van der Waals surface area contributed by atoms with E-state index in [9.17, 15) is 0 Å². The van der Waals surface area contributed by atoms with Gasteiger partial charge in [0.2, 0.25) is 0 Å². The fraction of sp³-hybridized carbons (Fsp3) is 0.231. The maximum absolute atomic E-state index is 5.44. The van der Waals surface area contributed by atoms with Crippen LogP contribution in [0, 0.1) is 24.7 Å². The van der Waals surface area contributed by atoms with Gasteiger partial charge in [-0.15, -0.1) is 18.8 Å². The van der Waals surface area contributed by atoms with Crippen molar-refractivity contribution in [2.75, 3.05) is 6.61 Å². The van der Waals surface area contributed by atoms with Gasteiger partial charge in [0.05, 0.1) is 6.61 Å². The molecule has 0 fully saturated rings. The Morgan fingerprint density at radius 2 is 1.93 bits per heavy atom. The molecule has 1 rings (SSSR count). The van der Waals surface area contributed by atoms with Gasteiger partial charge >= 0.3 is 0 Å². The third-order valence-electron chi connectivity index (χ3n) is 1.78. The Bertz CT molecular complexity index is 340. The van der Waals surface area contributed by atoms with Crippen LogP contribution in [0.1, 0.15) is 18.1 Å². The zero-order chi connectivity index (χ0) is 10.2. The molecule has 0 heterocycles. The van der Waals surface area contributed by atoms with Gasteiger partial charge in [-0.05, 0) is 5.56 Å². The Balaban J connectivity index is 2.57. The Morgan fingerprint density at radius 3 is 2.50 bits per heavy atom. The summed E-state index contributed by atoms with van der Waals surface area (Å²) < 4.78 is 5.44. The molecule has 0 spiro atoms. The molecule has 1 aromatic carbocycles. The fourth-order valence-corrected chi connectivity index (χ4v) is 1.10. The molecule has 0 aliphatic carbocycles. The largest absolute Gasteiger partial charge is 0.360 e. The average Bonchev–Trinajstić information content (AvgIpc) is 2.26. The average molecular weight is 184 g/mol. The number of hydrogen-bond acceptors (Lipinski definition) is 1. The van der Waals surface area contributed by atoms with E-state index in [1.54, 1.807) is 0 Å².